The Kier molecular flexibility index (Phi) is 17.6. The number of nitrogens with zero attached hydrogens (tertiary/aromatic N) is 6. The maximum absolute atomic E-state index is 14.2. The molecule has 0 bridgehead atoms. The highest BCUT2D eigenvalue weighted by molar-refractivity contribution is 7.13. The number of thiazole rings is 1. The molecule has 22 heteroatoms. The molecule has 5 aromatic rings. The highest BCUT2D eigenvalue weighted by atomic mass is 35.5. The lowest BCUT2D eigenvalue weighted by atomic mass is 9.85. The zero-order valence-electron chi connectivity index (χ0n) is 41.8. The molecule has 0 aliphatic carbocycles. The minimum atomic E-state index is -1.06. The number of ether oxygens (including phenoxy) is 1. The third kappa shape index (κ3) is 13.1. The van der Waals surface area contributed by atoms with Crippen molar-refractivity contribution >= 4 is 81.5 Å². The first-order valence-corrected chi connectivity index (χ1v) is 25.7. The number of aryl methyl sites for hydroxylation is 1. The second-order valence-corrected chi connectivity index (χ2v) is 21.2. The molecule has 3 aromatic carbocycles. The third-order valence-electron chi connectivity index (χ3n) is 12.9. The molecule has 7 rings (SSSR count). The van der Waals surface area contributed by atoms with Crippen molar-refractivity contribution in [3.63, 3.8) is 0 Å². The quantitative estimate of drug-likeness (QED) is 0.0669. The monoisotopic (exact) mass is 1070 g/mol. The van der Waals surface area contributed by atoms with Gasteiger partial charge in [-0.05, 0) is 79.3 Å². The minimum Gasteiger partial charge on any atom is -0.489 e. The SMILES string of the molecule is Cc1ncsc1-c1ccc(CNC(=O)[C@@H]2C[C@@H](O)CN2C(=O)[C@@H](NC(=O)CCC(=O)N2[C@H](C)CN(C(=O)c3ccc(NC(=O)c4cc(OCCc5c(Cl)ccc(F)c5Cl)c(N)nn4)cc3)C[C@@H]2C)C(C)(C)C)cc1. The molecule has 2 aromatic heterocycles. The van der Waals surface area contributed by atoms with Crippen molar-refractivity contribution in [1.29, 1.82) is 0 Å². The zero-order chi connectivity index (χ0) is 53.6. The van der Waals surface area contributed by atoms with E-state index >= 15 is 0 Å². The normalized spacial score (nSPS) is 18.2. The van der Waals surface area contributed by atoms with E-state index < -0.39 is 65.1 Å². The molecular weight excluding hydrogens is 1010 g/mol. The maximum Gasteiger partial charge on any atom is 0.276 e. The number of rotatable bonds is 16. The lowest BCUT2D eigenvalue weighted by molar-refractivity contribution is -0.144. The van der Waals surface area contributed by atoms with Gasteiger partial charge in [-0.2, -0.15) is 0 Å². The number of hydrogen-bond donors (Lipinski definition) is 5. The first kappa shape index (κ1) is 55.0. The first-order valence-electron chi connectivity index (χ1n) is 24.0. The van der Waals surface area contributed by atoms with Gasteiger partial charge >= 0.3 is 0 Å². The summed E-state index contributed by atoms with van der Waals surface area (Å²) in [6, 6.07) is 15.1. The number of nitrogen functional groups attached to an aromatic ring is 1. The van der Waals surface area contributed by atoms with Crippen LogP contribution in [0.1, 0.15) is 91.5 Å². The molecule has 0 saturated carbocycles. The number of nitrogens with two attached hydrogens (primary N) is 1. The van der Waals surface area contributed by atoms with Crippen LogP contribution in [0.2, 0.25) is 10.0 Å². The summed E-state index contributed by atoms with van der Waals surface area (Å²) in [6.45, 7) is 11.5. The molecule has 2 aliphatic rings. The fourth-order valence-electron chi connectivity index (χ4n) is 9.09. The Bertz CT molecular complexity index is 2890. The Morgan fingerprint density at radius 3 is 2.28 bits per heavy atom. The van der Waals surface area contributed by atoms with Crippen molar-refractivity contribution in [3.05, 3.63) is 116 Å². The standard InChI is InChI=1S/C52H59Cl2FN10O8S/c1-28-24-63(50(71)33-11-13-34(14-12-33)59-48(69)39-22-41(47(56)62-61-39)73-20-19-36-37(53)15-16-38(55)44(36)54)25-29(2)65(28)43(68)18-17-42(67)60-46(52(4,5)6)51(72)64-26-35(66)21-40(64)49(70)57-23-31-7-9-32(10-8-31)45-30(3)58-27-74-45/h7-16,22,27-29,35,40,46,66H,17-21,23-26H2,1-6H3,(H2,56,62)(H,57,70)(H,59,69)(H,60,67)/t28-,29+,35-,40+,46-/m1/s1. The number of aliphatic hydroxyl groups excluding tert-OH is 1. The first-order chi connectivity index (χ1) is 35.1. The molecule has 6 N–H and O–H groups in total. The van der Waals surface area contributed by atoms with Gasteiger partial charge in [-0.15, -0.1) is 21.5 Å². The average molecular weight is 1070 g/mol. The number of nitrogens with one attached hydrogen (secondary N) is 3. The van der Waals surface area contributed by atoms with Crippen LogP contribution in [0.5, 0.6) is 5.75 Å². The topological polar surface area (TPSA) is 242 Å². The number of amides is 6. The fraction of sp³-hybridized carbons (Fsp3) is 0.404. The van der Waals surface area contributed by atoms with Gasteiger partial charge in [-0.25, -0.2) is 9.37 Å². The number of likely N-dealkylation sites (tertiary alicyclic amines) is 1. The molecule has 0 radical (unpaired) electrons. The summed E-state index contributed by atoms with van der Waals surface area (Å²) >= 11 is 13.8. The van der Waals surface area contributed by atoms with E-state index in [1.54, 1.807) is 71.7 Å². The molecule has 2 fully saturated rings. The molecule has 0 spiro atoms. The number of aromatic nitrogens is 3. The highest BCUT2D eigenvalue weighted by Gasteiger charge is 2.45. The van der Waals surface area contributed by atoms with Gasteiger partial charge in [0.2, 0.25) is 23.6 Å². The van der Waals surface area contributed by atoms with Crippen LogP contribution in [0.3, 0.4) is 0 Å². The summed E-state index contributed by atoms with van der Waals surface area (Å²) in [7, 11) is 0. The number of carbonyl (C=O) groups is 6. The van der Waals surface area contributed by atoms with Crippen molar-refractivity contribution in [2.75, 3.05) is 37.3 Å². The van der Waals surface area contributed by atoms with Crippen molar-refractivity contribution in [3.8, 4) is 16.2 Å². The Morgan fingerprint density at radius 1 is 0.946 bits per heavy atom. The van der Waals surface area contributed by atoms with Crippen LogP contribution in [-0.2, 0) is 32.1 Å². The smallest absolute Gasteiger partial charge is 0.276 e. The predicted octanol–water partition coefficient (Wildman–Crippen LogP) is 6.46. The minimum absolute atomic E-state index is 0.00771. The Morgan fingerprint density at radius 2 is 1.64 bits per heavy atom. The van der Waals surface area contributed by atoms with E-state index in [4.69, 9.17) is 33.7 Å². The lowest BCUT2D eigenvalue weighted by Gasteiger charge is -2.44. The van der Waals surface area contributed by atoms with E-state index in [1.165, 1.54) is 17.0 Å². The summed E-state index contributed by atoms with van der Waals surface area (Å²) in [5, 5.41) is 26.9. The summed E-state index contributed by atoms with van der Waals surface area (Å²) in [6.07, 6.45) is -1.11. The van der Waals surface area contributed by atoms with Gasteiger partial charge in [-0.1, -0.05) is 68.2 Å². The van der Waals surface area contributed by atoms with E-state index in [0.29, 0.717) is 16.8 Å². The van der Waals surface area contributed by atoms with E-state index in [0.717, 1.165) is 27.8 Å². The van der Waals surface area contributed by atoms with Gasteiger partial charge in [0, 0.05) is 86.3 Å². The lowest BCUT2D eigenvalue weighted by Crippen LogP contribution is -2.60. The number of halogens is 3. The van der Waals surface area contributed by atoms with Crippen LogP contribution >= 0.6 is 34.5 Å². The molecule has 74 heavy (non-hydrogen) atoms. The summed E-state index contributed by atoms with van der Waals surface area (Å²) in [5.41, 5.74) is 10.7. The number of aliphatic hydroxyl groups is 1. The van der Waals surface area contributed by atoms with Crippen molar-refractivity contribution < 1.29 is 43.0 Å². The van der Waals surface area contributed by atoms with Crippen LogP contribution < -0.4 is 26.4 Å². The van der Waals surface area contributed by atoms with Gasteiger partial charge in [0.05, 0.1) is 33.8 Å². The van der Waals surface area contributed by atoms with Gasteiger partial charge in [0.25, 0.3) is 11.8 Å². The summed E-state index contributed by atoms with van der Waals surface area (Å²) in [5.74, 6) is -3.28. The molecule has 6 amide bonds. The van der Waals surface area contributed by atoms with Gasteiger partial charge in [-0.3, -0.25) is 28.8 Å². The van der Waals surface area contributed by atoms with E-state index in [-0.39, 0.29) is 97.6 Å². The van der Waals surface area contributed by atoms with Gasteiger partial charge < -0.3 is 46.2 Å². The molecule has 2 aliphatic heterocycles. The average Bonchev–Trinajstić information content (AvgIpc) is 3.98. The molecule has 0 unspecified atom stereocenters. The van der Waals surface area contributed by atoms with Crippen LogP contribution in [0, 0.1) is 18.2 Å². The number of piperazine rings is 1. The van der Waals surface area contributed by atoms with Crippen LogP contribution in [-0.4, -0.2) is 127 Å². The largest absolute Gasteiger partial charge is 0.489 e. The molecule has 18 nitrogen and oxygen atoms in total. The van der Waals surface area contributed by atoms with Crippen LogP contribution in [0.25, 0.3) is 10.4 Å². The highest BCUT2D eigenvalue weighted by Crippen LogP contribution is 2.31. The number of β-amino-alcohol motifs (C(OH)–C–C–N with tert-alkyl or cyclic N) is 1. The summed E-state index contributed by atoms with van der Waals surface area (Å²) < 4.78 is 19.7. The van der Waals surface area contributed by atoms with Crippen molar-refractivity contribution in [2.45, 2.75) is 104 Å². The maximum atomic E-state index is 14.2. The summed E-state index contributed by atoms with van der Waals surface area (Å²) in [4.78, 5) is 91.8. The fourth-order valence-corrected chi connectivity index (χ4v) is 10.5. The zero-order valence-corrected chi connectivity index (χ0v) is 44.1. The second-order valence-electron chi connectivity index (χ2n) is 19.6. The Labute approximate surface area is 442 Å². The third-order valence-corrected chi connectivity index (χ3v) is 14.7. The van der Waals surface area contributed by atoms with Crippen LogP contribution in [0.15, 0.2) is 72.2 Å². The molecule has 2 saturated heterocycles. The van der Waals surface area contributed by atoms with Crippen molar-refractivity contribution in [2.24, 2.45) is 5.41 Å². The Hall–Kier alpha value is -6.74. The van der Waals surface area contributed by atoms with Gasteiger partial charge in [0.15, 0.2) is 17.3 Å². The van der Waals surface area contributed by atoms with Crippen molar-refractivity contribution in [1.82, 2.24) is 40.5 Å². The Balaban J connectivity index is 0.877. The van der Waals surface area contributed by atoms with Gasteiger partial charge in [0.1, 0.15) is 17.9 Å². The molecule has 4 heterocycles. The number of anilines is 2. The number of carbonyl (C=O) groups excluding carboxylic acids is 6. The van der Waals surface area contributed by atoms with E-state index in [9.17, 15) is 38.3 Å². The van der Waals surface area contributed by atoms with Crippen LogP contribution in [0.4, 0.5) is 15.9 Å². The van der Waals surface area contributed by atoms with E-state index in [1.807, 2.05) is 45.0 Å². The molecule has 5 atom stereocenters. The molecule has 392 valence electrons. The number of hydrogen-bond acceptors (Lipinski definition) is 13. The second kappa shape index (κ2) is 23.6. The molecular formula is C52H59Cl2FN10O8S. The van der Waals surface area contributed by atoms with E-state index in [2.05, 4.69) is 31.1 Å². The predicted molar refractivity (Wildman–Crippen MR) is 279 cm³/mol. The number of benzene rings is 3.